The van der Waals surface area contributed by atoms with Crippen LogP contribution in [0.1, 0.15) is 29.9 Å². The Labute approximate surface area is 136 Å². The molecule has 2 fully saturated rings. The number of rotatable bonds is 4. The highest BCUT2D eigenvalue weighted by Gasteiger charge is 2.36. The third kappa shape index (κ3) is 3.57. The van der Waals surface area contributed by atoms with Gasteiger partial charge in [-0.25, -0.2) is 0 Å². The Morgan fingerprint density at radius 1 is 1.30 bits per heavy atom. The van der Waals surface area contributed by atoms with Gasteiger partial charge < -0.3 is 14.4 Å². The molecule has 0 spiro atoms. The van der Waals surface area contributed by atoms with Crippen molar-refractivity contribution in [3.8, 4) is 0 Å². The number of aromatic nitrogens is 1. The van der Waals surface area contributed by atoms with Crippen LogP contribution in [0.2, 0.25) is 0 Å². The molecule has 1 aromatic heterocycles. The van der Waals surface area contributed by atoms with Crippen LogP contribution in [0.4, 0.5) is 0 Å². The molecule has 128 valence electrons. The average molecular weight is 323 g/mol. The van der Waals surface area contributed by atoms with Crippen LogP contribution in [0.5, 0.6) is 0 Å². The van der Waals surface area contributed by atoms with Crippen molar-refractivity contribution in [2.45, 2.75) is 45.3 Å². The number of carboxylic acids is 1. The highest BCUT2D eigenvalue weighted by Crippen LogP contribution is 2.26. The van der Waals surface area contributed by atoms with Gasteiger partial charge in [-0.15, -0.1) is 0 Å². The summed E-state index contributed by atoms with van der Waals surface area (Å²) in [6, 6.07) is -0.119. The molecule has 0 unspecified atom stereocenters. The molecule has 0 bridgehead atoms. The fourth-order valence-corrected chi connectivity index (χ4v) is 3.65. The van der Waals surface area contributed by atoms with Crippen molar-refractivity contribution >= 4 is 5.97 Å². The number of aryl methyl sites for hydroxylation is 2. The average Bonchev–Trinajstić information content (AvgIpc) is 2.88. The molecule has 2 atom stereocenters. The third-order valence-electron chi connectivity index (χ3n) is 5.08. The van der Waals surface area contributed by atoms with Gasteiger partial charge in [0.05, 0.1) is 18.9 Å². The number of carbonyl (C=O) groups is 1. The number of hydrogen-bond donors (Lipinski definition) is 1. The van der Waals surface area contributed by atoms with Crippen molar-refractivity contribution < 1.29 is 19.2 Å². The molecule has 1 aromatic rings. The van der Waals surface area contributed by atoms with Gasteiger partial charge in [0.15, 0.2) is 0 Å². The van der Waals surface area contributed by atoms with Crippen molar-refractivity contribution in [3.63, 3.8) is 0 Å². The molecular formula is C16H25N3O4. The molecule has 23 heavy (non-hydrogen) atoms. The summed E-state index contributed by atoms with van der Waals surface area (Å²) in [6.07, 6.45) is 1.66. The van der Waals surface area contributed by atoms with Crippen molar-refractivity contribution in [2.75, 3.05) is 32.8 Å². The summed E-state index contributed by atoms with van der Waals surface area (Å²) in [4.78, 5) is 16.2. The van der Waals surface area contributed by atoms with E-state index in [4.69, 9.17) is 9.26 Å². The van der Waals surface area contributed by atoms with E-state index in [9.17, 15) is 9.90 Å². The second-order valence-electron chi connectivity index (χ2n) is 6.45. The lowest BCUT2D eigenvalue weighted by Crippen LogP contribution is -2.54. The minimum absolute atomic E-state index is 0.334. The molecule has 0 saturated carbocycles. The first kappa shape index (κ1) is 16.4. The van der Waals surface area contributed by atoms with Gasteiger partial charge in [-0.3, -0.25) is 14.6 Å². The number of carboxylic acid groups (broad SMARTS) is 1. The Balaban J connectivity index is 1.69. The smallest absolute Gasteiger partial charge is 0.320 e. The van der Waals surface area contributed by atoms with E-state index < -0.39 is 12.0 Å². The molecular weight excluding hydrogens is 298 g/mol. The molecule has 0 amide bonds. The van der Waals surface area contributed by atoms with Crippen LogP contribution >= 0.6 is 0 Å². The zero-order chi connectivity index (χ0) is 16.4. The van der Waals surface area contributed by atoms with Crippen LogP contribution in [0.15, 0.2) is 4.52 Å². The van der Waals surface area contributed by atoms with E-state index in [2.05, 4.69) is 10.1 Å². The first-order chi connectivity index (χ1) is 11.1. The van der Waals surface area contributed by atoms with Crippen molar-refractivity contribution in [3.05, 3.63) is 17.0 Å². The summed E-state index contributed by atoms with van der Waals surface area (Å²) >= 11 is 0. The van der Waals surface area contributed by atoms with Crippen LogP contribution in [0.3, 0.4) is 0 Å². The van der Waals surface area contributed by atoms with Gasteiger partial charge in [0.2, 0.25) is 0 Å². The lowest BCUT2D eigenvalue weighted by Gasteiger charge is -2.43. The van der Waals surface area contributed by atoms with E-state index >= 15 is 0 Å². The summed E-state index contributed by atoms with van der Waals surface area (Å²) in [7, 11) is 0. The Morgan fingerprint density at radius 2 is 2.04 bits per heavy atom. The van der Waals surface area contributed by atoms with Gasteiger partial charge in [0, 0.05) is 37.8 Å². The van der Waals surface area contributed by atoms with Crippen LogP contribution in [-0.4, -0.2) is 71.0 Å². The van der Waals surface area contributed by atoms with E-state index in [1.54, 1.807) is 0 Å². The Hall–Kier alpha value is -1.44. The molecule has 2 aliphatic heterocycles. The largest absolute Gasteiger partial charge is 0.480 e. The van der Waals surface area contributed by atoms with Crippen molar-refractivity contribution in [1.29, 1.82) is 0 Å². The maximum Gasteiger partial charge on any atom is 0.320 e. The van der Waals surface area contributed by atoms with Gasteiger partial charge >= 0.3 is 5.97 Å². The fourth-order valence-electron chi connectivity index (χ4n) is 3.65. The summed E-state index contributed by atoms with van der Waals surface area (Å²) in [5.74, 6) is 0.0386. The lowest BCUT2D eigenvalue weighted by atomic mass is 9.94. The standard InChI is InChI=1S/C16H25N3O4/c1-11-14(12(2)23-17-11)10-19-4-3-13(9-15(19)16(20)21)18-5-7-22-8-6-18/h13,15H,3-10H2,1-2H3,(H,20,21)/t13-,15+/m1/s1. The molecule has 0 radical (unpaired) electrons. The monoisotopic (exact) mass is 323 g/mol. The van der Waals surface area contributed by atoms with E-state index in [0.717, 1.165) is 56.3 Å². The van der Waals surface area contributed by atoms with E-state index in [1.165, 1.54) is 0 Å². The number of aliphatic carboxylic acids is 1. The Kier molecular flexibility index (Phi) is 4.99. The summed E-state index contributed by atoms with van der Waals surface area (Å²) in [5.41, 5.74) is 1.86. The maximum atomic E-state index is 11.8. The number of ether oxygens (including phenoxy) is 1. The molecule has 3 rings (SSSR count). The lowest BCUT2D eigenvalue weighted by molar-refractivity contribution is -0.146. The molecule has 0 aromatic carbocycles. The van der Waals surface area contributed by atoms with Gasteiger partial charge in [-0.2, -0.15) is 0 Å². The first-order valence-electron chi connectivity index (χ1n) is 8.26. The number of likely N-dealkylation sites (tertiary alicyclic amines) is 1. The molecule has 2 saturated heterocycles. The first-order valence-corrected chi connectivity index (χ1v) is 8.26. The normalized spacial score (nSPS) is 27.2. The van der Waals surface area contributed by atoms with Gasteiger partial charge in [0.1, 0.15) is 11.8 Å². The summed E-state index contributed by atoms with van der Waals surface area (Å²) in [6.45, 7) is 8.46. The Morgan fingerprint density at radius 3 is 2.65 bits per heavy atom. The predicted molar refractivity (Wildman–Crippen MR) is 83.2 cm³/mol. The van der Waals surface area contributed by atoms with E-state index in [1.807, 2.05) is 18.7 Å². The molecule has 7 heteroatoms. The fraction of sp³-hybridized carbons (Fsp3) is 0.750. The predicted octanol–water partition coefficient (Wildman–Crippen LogP) is 1.04. The molecule has 2 aliphatic rings. The van der Waals surface area contributed by atoms with E-state index in [0.29, 0.717) is 19.0 Å². The van der Waals surface area contributed by atoms with Crippen molar-refractivity contribution in [1.82, 2.24) is 15.0 Å². The minimum Gasteiger partial charge on any atom is -0.480 e. The van der Waals surface area contributed by atoms with E-state index in [-0.39, 0.29) is 0 Å². The second kappa shape index (κ2) is 6.98. The molecule has 7 nitrogen and oxygen atoms in total. The highest BCUT2D eigenvalue weighted by molar-refractivity contribution is 5.73. The molecule has 0 aliphatic carbocycles. The number of piperidine rings is 1. The summed E-state index contributed by atoms with van der Waals surface area (Å²) < 4.78 is 10.6. The quantitative estimate of drug-likeness (QED) is 0.887. The number of nitrogens with zero attached hydrogens (tertiary/aromatic N) is 3. The van der Waals surface area contributed by atoms with Crippen LogP contribution in [0, 0.1) is 13.8 Å². The molecule has 1 N–H and O–H groups in total. The third-order valence-corrected chi connectivity index (χ3v) is 5.08. The van der Waals surface area contributed by atoms with Crippen LogP contribution < -0.4 is 0 Å². The van der Waals surface area contributed by atoms with Crippen LogP contribution in [0.25, 0.3) is 0 Å². The van der Waals surface area contributed by atoms with Gasteiger partial charge in [0.25, 0.3) is 0 Å². The zero-order valence-corrected chi connectivity index (χ0v) is 13.8. The summed E-state index contributed by atoms with van der Waals surface area (Å²) in [5, 5.41) is 13.6. The van der Waals surface area contributed by atoms with Gasteiger partial charge in [-0.05, 0) is 26.7 Å². The van der Waals surface area contributed by atoms with Gasteiger partial charge in [-0.1, -0.05) is 5.16 Å². The Bertz CT molecular complexity index is 534. The number of hydrogen-bond acceptors (Lipinski definition) is 6. The zero-order valence-electron chi connectivity index (χ0n) is 13.8. The SMILES string of the molecule is Cc1noc(C)c1CN1CC[C@@H](N2CCOCC2)C[C@H]1C(=O)O. The maximum absolute atomic E-state index is 11.8. The highest BCUT2D eigenvalue weighted by atomic mass is 16.5. The number of morpholine rings is 1. The minimum atomic E-state index is -0.741. The van der Waals surface area contributed by atoms with Crippen molar-refractivity contribution in [2.24, 2.45) is 0 Å². The second-order valence-corrected chi connectivity index (χ2v) is 6.45. The topological polar surface area (TPSA) is 79.0 Å². The van der Waals surface area contributed by atoms with Crippen LogP contribution in [-0.2, 0) is 16.1 Å². The molecule has 3 heterocycles.